The zero-order chi connectivity index (χ0) is 17.6. The van der Waals surface area contributed by atoms with Gasteiger partial charge in [0.2, 0.25) is 0 Å². The number of aromatic nitrogens is 2. The van der Waals surface area contributed by atoms with Gasteiger partial charge in [-0.15, -0.1) is 0 Å². The van der Waals surface area contributed by atoms with Crippen molar-refractivity contribution in [1.29, 1.82) is 0 Å². The molecule has 1 aromatic heterocycles. The van der Waals surface area contributed by atoms with Crippen LogP contribution >= 0.6 is 23.2 Å². The number of rotatable bonds is 8. The quantitative estimate of drug-likeness (QED) is 0.499. The molecular formula is C19H21Cl2N3O. The topological polar surface area (TPSA) is 63.9 Å². The van der Waals surface area contributed by atoms with Gasteiger partial charge in [0, 0.05) is 5.02 Å². The lowest BCUT2D eigenvalue weighted by Gasteiger charge is -2.08. The number of nitrogens with zero attached hydrogens (tertiary/aromatic N) is 1. The highest BCUT2D eigenvalue weighted by Gasteiger charge is 2.03. The van der Waals surface area contributed by atoms with E-state index >= 15 is 0 Å². The summed E-state index contributed by atoms with van der Waals surface area (Å²) in [5, 5.41) is 1.18. The van der Waals surface area contributed by atoms with E-state index in [9.17, 15) is 0 Å². The number of H-pyrrole nitrogens is 1. The van der Waals surface area contributed by atoms with Crippen molar-refractivity contribution < 1.29 is 4.74 Å². The molecule has 0 atom stereocenters. The van der Waals surface area contributed by atoms with Gasteiger partial charge in [0.05, 0.1) is 22.7 Å². The van der Waals surface area contributed by atoms with E-state index < -0.39 is 0 Å². The Morgan fingerprint density at radius 3 is 2.68 bits per heavy atom. The Morgan fingerprint density at radius 2 is 1.84 bits per heavy atom. The lowest BCUT2D eigenvalue weighted by Crippen LogP contribution is -1.98. The molecule has 0 unspecified atom stereocenters. The Morgan fingerprint density at radius 1 is 1.00 bits per heavy atom. The molecule has 132 valence electrons. The van der Waals surface area contributed by atoms with Gasteiger partial charge in [-0.05, 0) is 55.2 Å². The van der Waals surface area contributed by atoms with Crippen LogP contribution in [0.25, 0.3) is 11.0 Å². The Bertz CT molecular complexity index is 848. The fraction of sp³-hybridized carbons (Fsp3) is 0.316. The summed E-state index contributed by atoms with van der Waals surface area (Å²) in [6.07, 6.45) is 5.51. The highest BCUT2D eigenvalue weighted by molar-refractivity contribution is 6.35. The van der Waals surface area contributed by atoms with Gasteiger partial charge < -0.3 is 15.5 Å². The van der Waals surface area contributed by atoms with E-state index in [2.05, 4.69) is 22.1 Å². The van der Waals surface area contributed by atoms with Crippen LogP contribution in [0.15, 0.2) is 36.4 Å². The lowest BCUT2D eigenvalue weighted by atomic mass is 10.1. The molecule has 0 bridgehead atoms. The van der Waals surface area contributed by atoms with Crippen LogP contribution in [0.2, 0.25) is 10.0 Å². The van der Waals surface area contributed by atoms with E-state index in [0.717, 1.165) is 36.7 Å². The summed E-state index contributed by atoms with van der Waals surface area (Å²) in [6, 6.07) is 11.6. The van der Waals surface area contributed by atoms with Crippen LogP contribution in [0.5, 0.6) is 5.75 Å². The van der Waals surface area contributed by atoms with E-state index in [-0.39, 0.29) is 0 Å². The number of hydrogen-bond acceptors (Lipinski definition) is 3. The number of nitrogen functional groups attached to an aromatic ring is 1. The molecule has 0 aliphatic carbocycles. The zero-order valence-electron chi connectivity index (χ0n) is 13.9. The first-order valence-electron chi connectivity index (χ1n) is 8.44. The predicted molar refractivity (Wildman–Crippen MR) is 105 cm³/mol. The van der Waals surface area contributed by atoms with Crippen molar-refractivity contribution in [3.8, 4) is 5.75 Å². The van der Waals surface area contributed by atoms with Crippen molar-refractivity contribution >= 4 is 40.2 Å². The number of benzene rings is 2. The maximum Gasteiger partial charge on any atom is 0.198 e. The van der Waals surface area contributed by atoms with Gasteiger partial charge in [0.15, 0.2) is 5.95 Å². The van der Waals surface area contributed by atoms with Crippen molar-refractivity contribution in [2.24, 2.45) is 0 Å². The number of nitrogens with one attached hydrogen (secondary N) is 1. The van der Waals surface area contributed by atoms with Gasteiger partial charge in [-0.25, -0.2) is 4.98 Å². The first-order chi connectivity index (χ1) is 12.1. The summed E-state index contributed by atoms with van der Waals surface area (Å²) >= 11 is 11.9. The van der Waals surface area contributed by atoms with Crippen LogP contribution in [0, 0.1) is 0 Å². The third kappa shape index (κ3) is 5.03. The molecule has 4 nitrogen and oxygen atoms in total. The maximum absolute atomic E-state index is 6.08. The molecular weight excluding hydrogens is 357 g/mol. The number of anilines is 1. The van der Waals surface area contributed by atoms with Crippen LogP contribution in [-0.2, 0) is 6.42 Å². The predicted octanol–water partition coefficient (Wildman–Crippen LogP) is 5.63. The van der Waals surface area contributed by atoms with E-state index in [1.807, 2.05) is 12.1 Å². The van der Waals surface area contributed by atoms with Crippen molar-refractivity contribution in [3.63, 3.8) is 0 Å². The average molecular weight is 378 g/mol. The summed E-state index contributed by atoms with van der Waals surface area (Å²) in [6.45, 7) is 0.667. The fourth-order valence-electron chi connectivity index (χ4n) is 2.79. The number of fused-ring (bicyclic) bond motifs is 1. The molecule has 0 aliphatic heterocycles. The number of hydrogen-bond donors (Lipinski definition) is 2. The number of aryl methyl sites for hydroxylation is 1. The van der Waals surface area contributed by atoms with E-state index in [0.29, 0.717) is 28.3 Å². The number of unbranched alkanes of at least 4 members (excludes halogenated alkanes) is 3. The minimum atomic E-state index is 0.466. The van der Waals surface area contributed by atoms with E-state index in [1.54, 1.807) is 12.1 Å². The number of aromatic amines is 1. The molecule has 0 radical (unpaired) electrons. The zero-order valence-corrected chi connectivity index (χ0v) is 15.4. The fourth-order valence-corrected chi connectivity index (χ4v) is 3.25. The van der Waals surface area contributed by atoms with Gasteiger partial charge in [-0.1, -0.05) is 42.1 Å². The standard InChI is InChI=1S/C19H21Cl2N3O/c20-14-7-9-18(15(21)12-14)25-10-4-2-1-3-5-13-6-8-16-17(11-13)24-19(22)23-16/h6-9,11-12H,1-5,10H2,(H3,22,23,24). The van der Waals surface area contributed by atoms with Gasteiger partial charge >= 0.3 is 0 Å². The Labute approximate surface area is 157 Å². The molecule has 3 rings (SSSR count). The molecule has 0 amide bonds. The second-order valence-corrected chi connectivity index (χ2v) is 6.90. The number of nitrogens with two attached hydrogens (primary N) is 1. The van der Waals surface area contributed by atoms with Crippen LogP contribution in [-0.4, -0.2) is 16.6 Å². The number of imidazole rings is 1. The van der Waals surface area contributed by atoms with E-state index in [4.69, 9.17) is 33.7 Å². The van der Waals surface area contributed by atoms with Gasteiger partial charge in [0.25, 0.3) is 0 Å². The molecule has 0 spiro atoms. The van der Waals surface area contributed by atoms with Crippen LogP contribution in [0.4, 0.5) is 5.95 Å². The lowest BCUT2D eigenvalue weighted by molar-refractivity contribution is 0.305. The monoisotopic (exact) mass is 377 g/mol. The van der Waals surface area contributed by atoms with Crippen molar-refractivity contribution in [2.75, 3.05) is 12.3 Å². The normalized spacial score (nSPS) is 11.1. The molecule has 1 heterocycles. The molecule has 0 aliphatic rings. The largest absolute Gasteiger partial charge is 0.492 e. The highest BCUT2D eigenvalue weighted by atomic mass is 35.5. The molecule has 2 aromatic carbocycles. The molecule has 0 saturated carbocycles. The molecule has 0 fully saturated rings. The summed E-state index contributed by atoms with van der Waals surface area (Å²) in [7, 11) is 0. The minimum Gasteiger partial charge on any atom is -0.492 e. The van der Waals surface area contributed by atoms with Crippen molar-refractivity contribution in [2.45, 2.75) is 32.1 Å². The van der Waals surface area contributed by atoms with Crippen LogP contribution < -0.4 is 10.5 Å². The number of halogens is 2. The average Bonchev–Trinajstić information content (AvgIpc) is 2.95. The third-order valence-electron chi connectivity index (χ3n) is 4.08. The van der Waals surface area contributed by atoms with Gasteiger partial charge in [0.1, 0.15) is 5.75 Å². The Hall–Kier alpha value is -1.91. The van der Waals surface area contributed by atoms with Crippen molar-refractivity contribution in [3.05, 3.63) is 52.0 Å². The Kier molecular flexibility index (Phi) is 6.05. The SMILES string of the molecule is Nc1nc2ccc(CCCCCCOc3ccc(Cl)cc3Cl)cc2[nH]1. The second-order valence-electron chi connectivity index (χ2n) is 6.06. The smallest absolute Gasteiger partial charge is 0.198 e. The summed E-state index contributed by atoms with van der Waals surface area (Å²) < 4.78 is 5.69. The molecule has 25 heavy (non-hydrogen) atoms. The minimum absolute atomic E-state index is 0.466. The first kappa shape index (κ1) is 17.9. The Balaban J connectivity index is 1.34. The van der Waals surface area contributed by atoms with Gasteiger partial charge in [-0.2, -0.15) is 0 Å². The summed E-state index contributed by atoms with van der Waals surface area (Å²) in [5.41, 5.74) is 8.90. The molecule has 0 saturated heterocycles. The summed E-state index contributed by atoms with van der Waals surface area (Å²) in [5.74, 6) is 1.16. The van der Waals surface area contributed by atoms with E-state index in [1.165, 1.54) is 12.0 Å². The highest BCUT2D eigenvalue weighted by Crippen LogP contribution is 2.27. The third-order valence-corrected chi connectivity index (χ3v) is 4.61. The molecule has 6 heteroatoms. The maximum atomic E-state index is 6.08. The molecule has 3 aromatic rings. The van der Waals surface area contributed by atoms with Crippen molar-refractivity contribution in [1.82, 2.24) is 9.97 Å². The first-order valence-corrected chi connectivity index (χ1v) is 9.19. The van der Waals surface area contributed by atoms with Crippen LogP contribution in [0.1, 0.15) is 31.2 Å². The van der Waals surface area contributed by atoms with Gasteiger partial charge in [-0.3, -0.25) is 0 Å². The summed E-state index contributed by atoms with van der Waals surface area (Å²) in [4.78, 5) is 7.28. The van der Waals surface area contributed by atoms with Crippen LogP contribution in [0.3, 0.4) is 0 Å². The molecule has 3 N–H and O–H groups in total. The number of ether oxygens (including phenoxy) is 1. The second kappa shape index (κ2) is 8.45.